The van der Waals surface area contributed by atoms with E-state index in [1.807, 2.05) is 0 Å². The average molecular weight is 257 g/mol. The van der Waals surface area contributed by atoms with Gasteiger partial charge in [-0.3, -0.25) is 4.57 Å². The molecule has 0 atom stereocenters. The lowest BCUT2D eigenvalue weighted by Gasteiger charge is -1.99. The van der Waals surface area contributed by atoms with Crippen LogP contribution in [0.2, 0.25) is 0 Å². The zero-order valence-corrected chi connectivity index (χ0v) is 10.3. The van der Waals surface area contributed by atoms with E-state index in [0.29, 0.717) is 17.3 Å². The zero-order chi connectivity index (χ0) is 12.8. The van der Waals surface area contributed by atoms with Crippen molar-refractivity contribution in [3.05, 3.63) is 11.6 Å². The summed E-state index contributed by atoms with van der Waals surface area (Å²) in [6.45, 7) is 3.42. The van der Waals surface area contributed by atoms with Crippen LogP contribution in [0.1, 0.15) is 11.6 Å². The molecule has 0 bridgehead atoms. The largest absolute Gasteiger partial charge is 0.437 e. The van der Waals surface area contributed by atoms with Gasteiger partial charge in [0.05, 0.1) is 5.69 Å². The van der Waals surface area contributed by atoms with Gasteiger partial charge in [0.25, 0.3) is 15.2 Å². The van der Waals surface area contributed by atoms with Gasteiger partial charge < -0.3 is 4.42 Å². The Bertz CT molecular complexity index is 669. The average Bonchev–Trinajstić information content (AvgIpc) is 2.68. The highest BCUT2D eigenvalue weighted by Crippen LogP contribution is 2.23. The van der Waals surface area contributed by atoms with Gasteiger partial charge in [-0.25, -0.2) is 18.5 Å². The molecule has 0 saturated heterocycles. The van der Waals surface area contributed by atoms with Crippen LogP contribution in [0, 0.1) is 13.8 Å². The van der Waals surface area contributed by atoms with Crippen molar-refractivity contribution >= 4 is 10.0 Å². The predicted molar refractivity (Wildman–Crippen MR) is 57.3 cm³/mol. The van der Waals surface area contributed by atoms with E-state index in [1.165, 1.54) is 11.6 Å². The highest BCUT2D eigenvalue weighted by molar-refractivity contribution is 7.89. The van der Waals surface area contributed by atoms with Crippen molar-refractivity contribution in [3.8, 4) is 11.6 Å². The Morgan fingerprint density at radius 2 is 1.94 bits per heavy atom. The van der Waals surface area contributed by atoms with Crippen molar-refractivity contribution in [2.75, 3.05) is 0 Å². The lowest BCUT2D eigenvalue weighted by Crippen LogP contribution is -2.17. The summed E-state index contributed by atoms with van der Waals surface area (Å²) < 4.78 is 29.0. The molecule has 0 aliphatic rings. The topological polar surface area (TPSA) is 117 Å². The predicted octanol–water partition coefficient (Wildman–Crippen LogP) is -0.266. The highest BCUT2D eigenvalue weighted by atomic mass is 32.2. The summed E-state index contributed by atoms with van der Waals surface area (Å²) in [6.07, 6.45) is 0. The van der Waals surface area contributed by atoms with E-state index < -0.39 is 10.0 Å². The highest BCUT2D eigenvalue weighted by Gasteiger charge is 2.22. The maximum Gasteiger partial charge on any atom is 0.273 e. The van der Waals surface area contributed by atoms with E-state index in [0.717, 1.165) is 0 Å². The molecule has 2 N–H and O–H groups in total. The normalized spacial score (nSPS) is 12.0. The Kier molecular flexibility index (Phi) is 2.51. The Morgan fingerprint density at radius 3 is 2.35 bits per heavy atom. The van der Waals surface area contributed by atoms with Crippen molar-refractivity contribution in [2.24, 2.45) is 12.2 Å². The molecule has 0 spiro atoms. The van der Waals surface area contributed by atoms with E-state index in [2.05, 4.69) is 15.2 Å². The molecule has 0 fully saturated rings. The molecule has 0 aromatic carbocycles. The quantitative estimate of drug-likeness (QED) is 0.791. The van der Waals surface area contributed by atoms with Crippen LogP contribution < -0.4 is 5.14 Å². The molecule has 2 rings (SSSR count). The molecule has 9 heteroatoms. The van der Waals surface area contributed by atoms with Crippen molar-refractivity contribution in [1.29, 1.82) is 0 Å². The maximum atomic E-state index is 11.2. The number of nitrogens with two attached hydrogens (primary N) is 1. The molecule has 8 nitrogen and oxygen atoms in total. The molecule has 0 amide bonds. The standard InChI is InChI=1S/C8H11N5O3S/c1-4-6(16-5(2)10-4)7-11-12-8(13(7)3)17(9,14)15/h1-3H3,(H2,9,14,15). The number of rotatable bonds is 2. The third-order valence-electron chi connectivity index (χ3n) is 2.20. The molecule has 0 radical (unpaired) electrons. The first-order chi connectivity index (χ1) is 7.80. The molecule has 2 aromatic heterocycles. The van der Waals surface area contributed by atoms with E-state index in [1.54, 1.807) is 13.8 Å². The van der Waals surface area contributed by atoms with Gasteiger partial charge in [0, 0.05) is 14.0 Å². The van der Waals surface area contributed by atoms with Crippen LogP contribution in [0.25, 0.3) is 11.6 Å². The van der Waals surface area contributed by atoms with Gasteiger partial charge in [0.1, 0.15) is 0 Å². The van der Waals surface area contributed by atoms with Gasteiger partial charge in [-0.2, -0.15) is 0 Å². The molecular weight excluding hydrogens is 246 g/mol. The SMILES string of the molecule is Cc1nc(C)c(-c2nnc(S(N)(=O)=O)n2C)o1. The molecule has 17 heavy (non-hydrogen) atoms. The fourth-order valence-corrected chi connectivity index (χ4v) is 2.12. The van der Waals surface area contributed by atoms with Gasteiger partial charge >= 0.3 is 0 Å². The summed E-state index contributed by atoms with van der Waals surface area (Å²) in [6, 6.07) is 0. The summed E-state index contributed by atoms with van der Waals surface area (Å²) >= 11 is 0. The second-order valence-corrected chi connectivity index (χ2v) is 5.01. The third kappa shape index (κ3) is 1.94. The van der Waals surface area contributed by atoms with E-state index >= 15 is 0 Å². The van der Waals surface area contributed by atoms with E-state index in [-0.39, 0.29) is 11.0 Å². The van der Waals surface area contributed by atoms with Crippen LogP contribution in [-0.2, 0) is 17.1 Å². The van der Waals surface area contributed by atoms with Crippen molar-refractivity contribution in [2.45, 2.75) is 19.0 Å². The Balaban J connectivity index is 2.63. The number of aromatic nitrogens is 4. The molecule has 0 saturated carbocycles. The van der Waals surface area contributed by atoms with Gasteiger partial charge in [-0.1, -0.05) is 0 Å². The van der Waals surface area contributed by atoms with Gasteiger partial charge in [0.15, 0.2) is 11.7 Å². The first-order valence-corrected chi connectivity index (χ1v) is 6.22. The molecular formula is C8H11N5O3S. The number of sulfonamides is 1. The minimum Gasteiger partial charge on any atom is -0.437 e. The second-order valence-electron chi connectivity index (χ2n) is 3.56. The van der Waals surface area contributed by atoms with Gasteiger partial charge in [-0.05, 0) is 6.92 Å². The van der Waals surface area contributed by atoms with E-state index in [4.69, 9.17) is 9.56 Å². The number of oxazole rings is 1. The number of aryl methyl sites for hydroxylation is 2. The van der Waals surface area contributed by atoms with Crippen molar-refractivity contribution in [3.63, 3.8) is 0 Å². The first-order valence-electron chi connectivity index (χ1n) is 4.67. The van der Waals surface area contributed by atoms with Crippen LogP contribution in [0.5, 0.6) is 0 Å². The van der Waals surface area contributed by atoms with Crippen LogP contribution in [0.3, 0.4) is 0 Å². The summed E-state index contributed by atoms with van der Waals surface area (Å²) in [7, 11) is -2.41. The number of hydrogen-bond acceptors (Lipinski definition) is 6. The molecule has 92 valence electrons. The summed E-state index contributed by atoms with van der Waals surface area (Å²) in [5.74, 6) is 1.12. The first kappa shape index (κ1) is 11.7. The smallest absolute Gasteiger partial charge is 0.273 e. The lowest BCUT2D eigenvalue weighted by atomic mass is 10.3. The minimum absolute atomic E-state index is 0.270. The molecule has 0 unspecified atom stereocenters. The second kappa shape index (κ2) is 3.64. The Labute approximate surface area is 97.5 Å². The Morgan fingerprint density at radius 1 is 1.29 bits per heavy atom. The number of nitrogens with zero attached hydrogens (tertiary/aromatic N) is 4. The van der Waals surface area contributed by atoms with E-state index in [9.17, 15) is 8.42 Å². The third-order valence-corrected chi connectivity index (χ3v) is 3.06. The van der Waals surface area contributed by atoms with Gasteiger partial charge in [0.2, 0.25) is 5.82 Å². The maximum absolute atomic E-state index is 11.2. The molecule has 2 aromatic rings. The van der Waals surface area contributed by atoms with Crippen molar-refractivity contribution in [1.82, 2.24) is 19.7 Å². The summed E-state index contributed by atoms with van der Waals surface area (Å²) in [5.41, 5.74) is 0.610. The van der Waals surface area contributed by atoms with Crippen molar-refractivity contribution < 1.29 is 12.8 Å². The number of primary sulfonamides is 1. The number of hydrogen-bond donors (Lipinski definition) is 1. The van der Waals surface area contributed by atoms with Crippen LogP contribution in [0.4, 0.5) is 0 Å². The summed E-state index contributed by atoms with van der Waals surface area (Å²) in [4.78, 5) is 4.07. The molecule has 0 aliphatic carbocycles. The van der Waals surface area contributed by atoms with Crippen LogP contribution in [-0.4, -0.2) is 28.2 Å². The molecule has 2 heterocycles. The Hall–Kier alpha value is -1.74. The molecule has 0 aliphatic heterocycles. The fraction of sp³-hybridized carbons (Fsp3) is 0.375. The monoisotopic (exact) mass is 257 g/mol. The van der Waals surface area contributed by atoms with Crippen LogP contribution >= 0.6 is 0 Å². The lowest BCUT2D eigenvalue weighted by molar-refractivity contribution is 0.526. The van der Waals surface area contributed by atoms with Gasteiger partial charge in [-0.15, -0.1) is 10.2 Å². The fourth-order valence-electron chi connectivity index (χ4n) is 1.50. The zero-order valence-electron chi connectivity index (χ0n) is 9.50. The minimum atomic E-state index is -3.90. The van der Waals surface area contributed by atoms with Crippen LogP contribution in [0.15, 0.2) is 9.57 Å². The summed E-state index contributed by atoms with van der Waals surface area (Å²) in [5, 5.41) is 11.9.